The van der Waals surface area contributed by atoms with Crippen molar-refractivity contribution in [2.45, 2.75) is 13.3 Å². The molecular weight excluding hydrogens is 248 g/mol. The van der Waals surface area contributed by atoms with Crippen molar-refractivity contribution in [2.24, 2.45) is 0 Å². The summed E-state index contributed by atoms with van der Waals surface area (Å²) in [6, 6.07) is 11.4. The summed E-state index contributed by atoms with van der Waals surface area (Å²) >= 11 is 6.23. The lowest BCUT2D eigenvalue weighted by Crippen LogP contribution is -1.92. The second kappa shape index (κ2) is 4.14. The number of Topliss-reactive ketones (excluding diaryl/α,β-unsaturated/α-hetero) is 1. The molecule has 18 heavy (non-hydrogen) atoms. The molecule has 2 aromatic carbocycles. The number of hydrogen-bond acceptors (Lipinski definition) is 2. The standard InChI is InChI=1S/C15H11ClO2/c1-2-13(17)14-8-9-7-12(16)10-5-3-4-6-11(10)15(9)18-14/h3-8H,2H2,1H3. The fourth-order valence-electron chi connectivity index (χ4n) is 2.14. The first-order chi connectivity index (χ1) is 8.70. The van der Waals surface area contributed by atoms with E-state index in [0.29, 0.717) is 17.2 Å². The van der Waals surface area contributed by atoms with E-state index >= 15 is 0 Å². The highest BCUT2D eigenvalue weighted by atomic mass is 35.5. The van der Waals surface area contributed by atoms with Gasteiger partial charge in [0, 0.05) is 27.6 Å². The molecule has 3 aromatic rings. The van der Waals surface area contributed by atoms with Crippen molar-refractivity contribution in [3.05, 3.63) is 47.2 Å². The SMILES string of the molecule is CCC(=O)c1cc2cc(Cl)c3ccccc3c2o1. The van der Waals surface area contributed by atoms with Gasteiger partial charge in [0.1, 0.15) is 5.58 Å². The minimum absolute atomic E-state index is 0.00593. The van der Waals surface area contributed by atoms with Gasteiger partial charge in [0.05, 0.1) is 0 Å². The Morgan fingerprint density at radius 3 is 2.67 bits per heavy atom. The van der Waals surface area contributed by atoms with Crippen molar-refractivity contribution in [3.63, 3.8) is 0 Å². The van der Waals surface area contributed by atoms with E-state index in [-0.39, 0.29) is 5.78 Å². The van der Waals surface area contributed by atoms with Gasteiger partial charge in [-0.1, -0.05) is 42.8 Å². The summed E-state index contributed by atoms with van der Waals surface area (Å²) in [5.74, 6) is 0.409. The smallest absolute Gasteiger partial charge is 0.197 e. The number of ketones is 1. The molecule has 0 aliphatic rings. The fraction of sp³-hybridized carbons (Fsp3) is 0.133. The van der Waals surface area contributed by atoms with Gasteiger partial charge in [-0.2, -0.15) is 0 Å². The summed E-state index contributed by atoms with van der Waals surface area (Å²) in [5, 5.41) is 3.43. The lowest BCUT2D eigenvalue weighted by molar-refractivity contribution is 0.0963. The summed E-state index contributed by atoms with van der Waals surface area (Å²) < 4.78 is 5.68. The Bertz CT molecular complexity index is 756. The van der Waals surface area contributed by atoms with Crippen LogP contribution in [-0.2, 0) is 0 Å². The van der Waals surface area contributed by atoms with Crippen molar-refractivity contribution in [1.29, 1.82) is 0 Å². The molecule has 2 nitrogen and oxygen atoms in total. The number of benzene rings is 2. The van der Waals surface area contributed by atoms with Crippen LogP contribution in [0, 0.1) is 0 Å². The fourth-order valence-corrected chi connectivity index (χ4v) is 2.42. The van der Waals surface area contributed by atoms with Crippen molar-refractivity contribution >= 4 is 39.1 Å². The van der Waals surface area contributed by atoms with E-state index in [1.54, 1.807) is 6.07 Å². The Hall–Kier alpha value is -1.80. The maximum Gasteiger partial charge on any atom is 0.197 e. The molecule has 3 rings (SSSR count). The largest absolute Gasteiger partial charge is 0.452 e. The number of carbonyl (C=O) groups excluding carboxylic acids is 1. The first-order valence-corrected chi connectivity index (χ1v) is 6.22. The van der Waals surface area contributed by atoms with Gasteiger partial charge in [-0.15, -0.1) is 0 Å². The summed E-state index contributed by atoms with van der Waals surface area (Å²) in [4.78, 5) is 11.7. The zero-order chi connectivity index (χ0) is 12.7. The van der Waals surface area contributed by atoms with Gasteiger partial charge in [-0.25, -0.2) is 0 Å². The Morgan fingerprint density at radius 1 is 1.22 bits per heavy atom. The van der Waals surface area contributed by atoms with Gasteiger partial charge in [-0.05, 0) is 12.1 Å². The lowest BCUT2D eigenvalue weighted by atomic mass is 10.1. The monoisotopic (exact) mass is 258 g/mol. The molecule has 0 unspecified atom stereocenters. The van der Waals surface area contributed by atoms with Crippen LogP contribution in [0.2, 0.25) is 5.02 Å². The number of rotatable bonds is 2. The summed E-state index contributed by atoms with van der Waals surface area (Å²) in [6.07, 6.45) is 0.436. The second-order valence-electron chi connectivity index (χ2n) is 4.21. The van der Waals surface area contributed by atoms with Crippen LogP contribution >= 0.6 is 11.6 Å². The van der Waals surface area contributed by atoms with E-state index in [9.17, 15) is 4.79 Å². The molecule has 0 aliphatic carbocycles. The lowest BCUT2D eigenvalue weighted by Gasteiger charge is -2.00. The van der Waals surface area contributed by atoms with Crippen LogP contribution in [0.25, 0.3) is 21.7 Å². The first kappa shape index (κ1) is 11.3. The molecule has 0 radical (unpaired) electrons. The van der Waals surface area contributed by atoms with Crippen LogP contribution < -0.4 is 0 Å². The second-order valence-corrected chi connectivity index (χ2v) is 4.62. The van der Waals surface area contributed by atoms with E-state index in [0.717, 1.165) is 21.7 Å². The Kier molecular flexibility index (Phi) is 2.60. The third-order valence-corrected chi connectivity index (χ3v) is 3.38. The van der Waals surface area contributed by atoms with Gasteiger partial charge in [-0.3, -0.25) is 4.79 Å². The molecule has 0 spiro atoms. The number of furan rings is 1. The summed E-state index contributed by atoms with van der Waals surface area (Å²) in [6.45, 7) is 1.82. The molecule has 1 aromatic heterocycles. The van der Waals surface area contributed by atoms with Gasteiger partial charge in [0.2, 0.25) is 0 Å². The van der Waals surface area contributed by atoms with Crippen LogP contribution in [0.3, 0.4) is 0 Å². The Morgan fingerprint density at radius 2 is 1.94 bits per heavy atom. The molecule has 0 bridgehead atoms. The quantitative estimate of drug-likeness (QED) is 0.616. The molecule has 0 aliphatic heterocycles. The van der Waals surface area contributed by atoms with E-state index in [1.165, 1.54) is 0 Å². The minimum Gasteiger partial charge on any atom is -0.452 e. The normalized spacial score (nSPS) is 11.2. The maximum absolute atomic E-state index is 11.7. The van der Waals surface area contributed by atoms with Crippen molar-refractivity contribution < 1.29 is 9.21 Å². The molecule has 0 fully saturated rings. The van der Waals surface area contributed by atoms with Crippen molar-refractivity contribution in [2.75, 3.05) is 0 Å². The van der Waals surface area contributed by atoms with E-state index in [2.05, 4.69) is 0 Å². The maximum atomic E-state index is 11.7. The first-order valence-electron chi connectivity index (χ1n) is 5.84. The third kappa shape index (κ3) is 1.61. The number of fused-ring (bicyclic) bond motifs is 3. The van der Waals surface area contributed by atoms with Crippen LogP contribution in [0.5, 0.6) is 0 Å². The van der Waals surface area contributed by atoms with Gasteiger partial charge in [0.15, 0.2) is 11.5 Å². The minimum atomic E-state index is 0.00593. The van der Waals surface area contributed by atoms with Crippen LogP contribution in [-0.4, -0.2) is 5.78 Å². The topological polar surface area (TPSA) is 30.2 Å². The Labute approximate surface area is 109 Å². The van der Waals surface area contributed by atoms with Crippen LogP contribution in [0.1, 0.15) is 23.9 Å². The number of carbonyl (C=O) groups is 1. The predicted octanol–water partition coefficient (Wildman–Crippen LogP) is 4.83. The summed E-state index contributed by atoms with van der Waals surface area (Å²) in [7, 11) is 0. The summed E-state index contributed by atoms with van der Waals surface area (Å²) in [5.41, 5.74) is 0.729. The molecule has 0 amide bonds. The number of hydrogen-bond donors (Lipinski definition) is 0. The van der Waals surface area contributed by atoms with E-state index in [1.807, 2.05) is 37.3 Å². The highest BCUT2D eigenvalue weighted by Gasteiger charge is 2.13. The van der Waals surface area contributed by atoms with Crippen LogP contribution in [0.4, 0.5) is 0 Å². The molecule has 90 valence electrons. The molecule has 0 saturated carbocycles. The Balaban J connectivity index is 2.40. The zero-order valence-corrected chi connectivity index (χ0v) is 10.6. The molecule has 0 atom stereocenters. The average Bonchev–Trinajstić information content (AvgIpc) is 2.82. The zero-order valence-electron chi connectivity index (χ0n) is 9.87. The molecule has 0 N–H and O–H groups in total. The van der Waals surface area contributed by atoms with E-state index in [4.69, 9.17) is 16.0 Å². The third-order valence-electron chi connectivity index (χ3n) is 3.07. The molecule has 1 heterocycles. The molecule has 0 saturated heterocycles. The predicted molar refractivity (Wildman–Crippen MR) is 73.4 cm³/mol. The van der Waals surface area contributed by atoms with Gasteiger partial charge >= 0.3 is 0 Å². The highest BCUT2D eigenvalue weighted by molar-refractivity contribution is 6.37. The highest BCUT2D eigenvalue weighted by Crippen LogP contribution is 2.33. The van der Waals surface area contributed by atoms with Crippen molar-refractivity contribution in [1.82, 2.24) is 0 Å². The molecule has 3 heteroatoms. The average molecular weight is 259 g/mol. The molecular formula is C15H11ClO2. The van der Waals surface area contributed by atoms with Gasteiger partial charge in [0.25, 0.3) is 0 Å². The van der Waals surface area contributed by atoms with Crippen LogP contribution in [0.15, 0.2) is 40.8 Å². The number of halogens is 1. The van der Waals surface area contributed by atoms with E-state index < -0.39 is 0 Å². The van der Waals surface area contributed by atoms with Gasteiger partial charge < -0.3 is 4.42 Å². The van der Waals surface area contributed by atoms with Crippen molar-refractivity contribution in [3.8, 4) is 0 Å².